The van der Waals surface area contributed by atoms with Gasteiger partial charge in [-0.15, -0.1) is 10.2 Å². The van der Waals surface area contributed by atoms with Crippen LogP contribution < -0.4 is 16.4 Å². The minimum Gasteiger partial charge on any atom is -0.367 e. The summed E-state index contributed by atoms with van der Waals surface area (Å²) in [5.74, 6) is -0.105. The molecule has 0 radical (unpaired) electrons. The standard InChI is InChI=1S/C10H16N6O2/c1-16(2)10(18)13-6-5-12-8-4-3-7(9(11)17)14-15-8/h3-4H,5-6H2,1-2H3,(H2,11,17)(H,12,15)(H,13,18). The zero-order valence-electron chi connectivity index (χ0n) is 10.3. The number of rotatable bonds is 5. The van der Waals surface area contributed by atoms with E-state index in [1.165, 1.54) is 11.0 Å². The molecule has 1 aromatic heterocycles. The average Bonchev–Trinajstić information content (AvgIpc) is 2.34. The van der Waals surface area contributed by atoms with Crippen molar-refractivity contribution in [1.82, 2.24) is 20.4 Å². The van der Waals surface area contributed by atoms with Gasteiger partial charge in [0, 0.05) is 27.2 Å². The molecule has 18 heavy (non-hydrogen) atoms. The van der Waals surface area contributed by atoms with E-state index in [-0.39, 0.29) is 11.7 Å². The summed E-state index contributed by atoms with van der Waals surface area (Å²) >= 11 is 0. The quantitative estimate of drug-likeness (QED) is 0.597. The largest absolute Gasteiger partial charge is 0.367 e. The van der Waals surface area contributed by atoms with Crippen molar-refractivity contribution in [2.24, 2.45) is 5.73 Å². The van der Waals surface area contributed by atoms with Crippen molar-refractivity contribution in [2.45, 2.75) is 0 Å². The van der Waals surface area contributed by atoms with Crippen LogP contribution in [0.25, 0.3) is 0 Å². The maximum Gasteiger partial charge on any atom is 0.316 e. The molecule has 1 heterocycles. The van der Waals surface area contributed by atoms with Crippen molar-refractivity contribution in [3.63, 3.8) is 0 Å². The second kappa shape index (κ2) is 6.38. The van der Waals surface area contributed by atoms with Gasteiger partial charge in [0.05, 0.1) is 0 Å². The number of amides is 3. The first-order valence-corrected chi connectivity index (χ1v) is 5.33. The highest BCUT2D eigenvalue weighted by atomic mass is 16.2. The van der Waals surface area contributed by atoms with Gasteiger partial charge in [0.2, 0.25) is 0 Å². The number of aromatic nitrogens is 2. The third kappa shape index (κ3) is 4.24. The Morgan fingerprint density at radius 2 is 2.00 bits per heavy atom. The van der Waals surface area contributed by atoms with E-state index in [2.05, 4.69) is 20.8 Å². The van der Waals surface area contributed by atoms with Gasteiger partial charge in [-0.3, -0.25) is 4.79 Å². The molecule has 0 aliphatic rings. The highest BCUT2D eigenvalue weighted by Gasteiger charge is 2.03. The molecule has 8 nitrogen and oxygen atoms in total. The highest BCUT2D eigenvalue weighted by Crippen LogP contribution is 2.00. The SMILES string of the molecule is CN(C)C(=O)NCCNc1ccc(C(N)=O)nn1. The number of urea groups is 1. The summed E-state index contributed by atoms with van der Waals surface area (Å²) in [6, 6.07) is 2.92. The normalized spacial score (nSPS) is 9.67. The van der Waals surface area contributed by atoms with E-state index in [4.69, 9.17) is 5.73 Å². The molecule has 8 heteroatoms. The minimum absolute atomic E-state index is 0.112. The fourth-order valence-corrected chi connectivity index (χ4v) is 1.08. The molecule has 0 aliphatic carbocycles. The van der Waals surface area contributed by atoms with Crippen LogP contribution in [0.15, 0.2) is 12.1 Å². The smallest absolute Gasteiger partial charge is 0.316 e. The Kier molecular flexibility index (Phi) is 4.85. The highest BCUT2D eigenvalue weighted by molar-refractivity contribution is 5.90. The van der Waals surface area contributed by atoms with Crippen molar-refractivity contribution in [2.75, 3.05) is 32.5 Å². The molecule has 4 N–H and O–H groups in total. The van der Waals surface area contributed by atoms with Gasteiger partial charge in [-0.1, -0.05) is 0 Å². The molecule has 0 aliphatic heterocycles. The first-order chi connectivity index (χ1) is 8.50. The number of primary amides is 1. The summed E-state index contributed by atoms with van der Waals surface area (Å²) in [6.45, 7) is 0.959. The predicted molar refractivity (Wildman–Crippen MR) is 66.1 cm³/mol. The zero-order chi connectivity index (χ0) is 13.5. The maximum absolute atomic E-state index is 11.2. The summed E-state index contributed by atoms with van der Waals surface area (Å²) in [5.41, 5.74) is 5.15. The molecule has 0 atom stereocenters. The van der Waals surface area contributed by atoms with E-state index < -0.39 is 5.91 Å². The van der Waals surface area contributed by atoms with Crippen molar-refractivity contribution in [1.29, 1.82) is 0 Å². The Labute approximate surface area is 105 Å². The van der Waals surface area contributed by atoms with Crippen LogP contribution in [0.1, 0.15) is 10.5 Å². The number of carbonyl (C=O) groups is 2. The first-order valence-electron chi connectivity index (χ1n) is 5.33. The van der Waals surface area contributed by atoms with Gasteiger partial charge in [0.25, 0.3) is 5.91 Å². The fraction of sp³-hybridized carbons (Fsp3) is 0.400. The summed E-state index contributed by atoms with van der Waals surface area (Å²) in [4.78, 5) is 23.4. The summed E-state index contributed by atoms with van der Waals surface area (Å²) in [5, 5.41) is 13.0. The second-order valence-electron chi connectivity index (χ2n) is 3.72. The summed E-state index contributed by atoms with van der Waals surface area (Å²) < 4.78 is 0. The lowest BCUT2D eigenvalue weighted by atomic mass is 10.4. The van der Waals surface area contributed by atoms with E-state index in [1.54, 1.807) is 20.2 Å². The van der Waals surface area contributed by atoms with Crippen LogP contribution in [-0.4, -0.2) is 54.2 Å². The monoisotopic (exact) mass is 252 g/mol. The van der Waals surface area contributed by atoms with Crippen LogP contribution in [0, 0.1) is 0 Å². The molecule has 0 saturated heterocycles. The number of hydrogen-bond donors (Lipinski definition) is 3. The number of hydrogen-bond acceptors (Lipinski definition) is 5. The molecule has 0 unspecified atom stereocenters. The minimum atomic E-state index is -0.618. The molecule has 98 valence electrons. The Hall–Kier alpha value is -2.38. The van der Waals surface area contributed by atoms with Crippen LogP contribution in [-0.2, 0) is 0 Å². The molecule has 0 bridgehead atoms. The second-order valence-corrected chi connectivity index (χ2v) is 3.72. The van der Waals surface area contributed by atoms with Crippen LogP contribution in [0.5, 0.6) is 0 Å². The zero-order valence-corrected chi connectivity index (χ0v) is 10.3. The average molecular weight is 252 g/mol. The van der Waals surface area contributed by atoms with Crippen molar-refractivity contribution >= 4 is 17.8 Å². The molecular weight excluding hydrogens is 236 g/mol. The molecule has 3 amide bonds. The van der Waals surface area contributed by atoms with Gasteiger partial charge in [-0.2, -0.15) is 0 Å². The Morgan fingerprint density at radius 3 is 2.50 bits per heavy atom. The molecule has 0 aromatic carbocycles. The fourth-order valence-electron chi connectivity index (χ4n) is 1.08. The molecule has 1 rings (SSSR count). The van der Waals surface area contributed by atoms with Gasteiger partial charge in [-0.25, -0.2) is 4.79 Å². The molecule has 0 fully saturated rings. The molecule has 0 spiro atoms. The Bertz CT molecular complexity index is 417. The summed E-state index contributed by atoms with van der Waals surface area (Å²) in [7, 11) is 3.33. The Balaban J connectivity index is 2.31. The number of nitrogens with zero attached hydrogens (tertiary/aromatic N) is 3. The van der Waals surface area contributed by atoms with Crippen LogP contribution in [0.3, 0.4) is 0 Å². The van der Waals surface area contributed by atoms with E-state index in [0.717, 1.165) is 0 Å². The van der Waals surface area contributed by atoms with Crippen LogP contribution in [0.4, 0.5) is 10.6 Å². The van der Waals surface area contributed by atoms with E-state index >= 15 is 0 Å². The lowest BCUT2D eigenvalue weighted by Crippen LogP contribution is -2.37. The van der Waals surface area contributed by atoms with Crippen LogP contribution in [0.2, 0.25) is 0 Å². The van der Waals surface area contributed by atoms with Crippen LogP contribution >= 0.6 is 0 Å². The third-order valence-electron chi connectivity index (χ3n) is 2.03. The Morgan fingerprint density at radius 1 is 1.28 bits per heavy atom. The molecule has 0 saturated carbocycles. The third-order valence-corrected chi connectivity index (χ3v) is 2.03. The number of carbonyl (C=O) groups excluding carboxylic acids is 2. The van der Waals surface area contributed by atoms with Gasteiger partial charge < -0.3 is 21.3 Å². The van der Waals surface area contributed by atoms with E-state index in [0.29, 0.717) is 18.9 Å². The van der Waals surface area contributed by atoms with Gasteiger partial charge >= 0.3 is 6.03 Å². The first kappa shape index (κ1) is 13.7. The maximum atomic E-state index is 11.2. The predicted octanol–water partition coefficient (Wildman–Crippen LogP) is -0.741. The van der Waals surface area contributed by atoms with Crippen molar-refractivity contribution < 1.29 is 9.59 Å². The van der Waals surface area contributed by atoms with Gasteiger partial charge in [0.15, 0.2) is 5.69 Å². The van der Waals surface area contributed by atoms with Crippen molar-refractivity contribution in [3.05, 3.63) is 17.8 Å². The lowest BCUT2D eigenvalue weighted by molar-refractivity contribution is 0.0994. The molecule has 1 aromatic rings. The van der Waals surface area contributed by atoms with E-state index in [9.17, 15) is 9.59 Å². The summed E-state index contributed by atoms with van der Waals surface area (Å²) in [6.07, 6.45) is 0. The number of nitrogens with one attached hydrogen (secondary N) is 2. The van der Waals surface area contributed by atoms with Gasteiger partial charge in [0.1, 0.15) is 5.82 Å². The number of anilines is 1. The lowest BCUT2D eigenvalue weighted by Gasteiger charge is -2.12. The van der Waals surface area contributed by atoms with E-state index in [1.807, 2.05) is 0 Å². The topological polar surface area (TPSA) is 113 Å². The molecular formula is C10H16N6O2. The van der Waals surface area contributed by atoms with Gasteiger partial charge in [-0.05, 0) is 12.1 Å². The van der Waals surface area contributed by atoms with Crippen molar-refractivity contribution in [3.8, 4) is 0 Å². The number of nitrogens with two attached hydrogens (primary N) is 1.